The third-order valence-electron chi connectivity index (χ3n) is 2.16. The van der Waals surface area contributed by atoms with Gasteiger partial charge in [0.1, 0.15) is 0 Å². The van der Waals surface area contributed by atoms with E-state index in [0.29, 0.717) is 0 Å². The van der Waals surface area contributed by atoms with Crippen molar-refractivity contribution in [3.05, 3.63) is 59.7 Å². The van der Waals surface area contributed by atoms with Gasteiger partial charge in [-0.15, -0.1) is 0 Å². The second kappa shape index (κ2) is 9.59. The van der Waals surface area contributed by atoms with Gasteiger partial charge in [0.05, 0.1) is 0 Å². The van der Waals surface area contributed by atoms with Gasteiger partial charge < -0.3 is 0 Å². The van der Waals surface area contributed by atoms with Gasteiger partial charge in [-0.2, -0.15) is 0 Å². The summed E-state index contributed by atoms with van der Waals surface area (Å²) in [5.74, 6) is 0.0862. The molecule has 0 aliphatic rings. The number of hydrogen-bond donors (Lipinski definition) is 0. The quantitative estimate of drug-likeness (QED) is 0.560. The maximum atomic E-state index is 10.2. The van der Waals surface area contributed by atoms with Gasteiger partial charge in [-0.05, 0) is 38.8 Å². The zero-order chi connectivity index (χ0) is 13.1. The summed E-state index contributed by atoms with van der Waals surface area (Å²) in [6.45, 7) is 7.72. The zero-order valence-corrected chi connectivity index (χ0v) is 11.2. The van der Waals surface area contributed by atoms with E-state index in [1.807, 2.05) is 19.1 Å². The number of carbonyl (C=O) groups is 1. The van der Waals surface area contributed by atoms with Crippen molar-refractivity contribution in [1.82, 2.24) is 0 Å². The Morgan fingerprint density at radius 2 is 1.76 bits per heavy atom. The molecule has 92 valence electrons. The molecule has 0 saturated carbocycles. The van der Waals surface area contributed by atoms with Crippen LogP contribution in [0.4, 0.5) is 0 Å². The van der Waals surface area contributed by atoms with Crippen LogP contribution < -0.4 is 0 Å². The van der Waals surface area contributed by atoms with Crippen LogP contribution in [0.15, 0.2) is 48.6 Å². The molecule has 0 unspecified atom stereocenters. The second-order valence-corrected chi connectivity index (χ2v) is 3.83. The number of allylic oxidation sites excluding steroid dienone is 4. The fourth-order valence-electron chi connectivity index (χ4n) is 1.13. The van der Waals surface area contributed by atoms with Gasteiger partial charge >= 0.3 is 0 Å². The minimum absolute atomic E-state index is 0.0862. The summed E-state index contributed by atoms with van der Waals surface area (Å²) in [5, 5.41) is 0. The maximum absolute atomic E-state index is 10.2. The lowest BCUT2D eigenvalue weighted by Gasteiger charge is -1.94. The molecule has 0 amide bonds. The number of ketones is 1. The molecule has 0 spiro atoms. The third kappa shape index (κ3) is 9.31. The summed E-state index contributed by atoms with van der Waals surface area (Å²) in [6.07, 6.45) is 8.09. The molecule has 0 aliphatic heterocycles. The van der Waals surface area contributed by atoms with Gasteiger partial charge in [0.25, 0.3) is 0 Å². The fourth-order valence-corrected chi connectivity index (χ4v) is 1.13. The SMILES string of the molecule is C/C=C\C=C/C(C)=O.CCc1ccc(C)cc1. The first-order chi connectivity index (χ1) is 8.10. The molecule has 1 aromatic rings. The normalized spacial score (nSPS) is 10.4. The van der Waals surface area contributed by atoms with Crippen LogP contribution in [0.2, 0.25) is 0 Å². The van der Waals surface area contributed by atoms with E-state index in [1.54, 1.807) is 6.08 Å². The van der Waals surface area contributed by atoms with Crippen molar-refractivity contribution in [3.8, 4) is 0 Å². The van der Waals surface area contributed by atoms with E-state index in [2.05, 4.69) is 38.1 Å². The number of hydrogen-bond acceptors (Lipinski definition) is 1. The van der Waals surface area contributed by atoms with Crippen LogP contribution in [0.1, 0.15) is 31.9 Å². The Kier molecular flexibility index (Phi) is 8.67. The predicted octanol–water partition coefficient (Wildman–Crippen LogP) is 4.27. The highest BCUT2D eigenvalue weighted by Crippen LogP contribution is 2.02. The Labute approximate surface area is 105 Å². The van der Waals surface area contributed by atoms with E-state index in [1.165, 1.54) is 24.1 Å². The van der Waals surface area contributed by atoms with Gasteiger partial charge in [0.15, 0.2) is 5.78 Å². The third-order valence-corrected chi connectivity index (χ3v) is 2.16. The summed E-state index contributed by atoms with van der Waals surface area (Å²) in [6, 6.07) is 8.66. The van der Waals surface area contributed by atoms with Gasteiger partial charge in [-0.3, -0.25) is 4.79 Å². The summed E-state index contributed by atoms with van der Waals surface area (Å²) in [4.78, 5) is 10.2. The first-order valence-corrected chi connectivity index (χ1v) is 5.95. The van der Waals surface area contributed by atoms with Crippen LogP contribution in [0.5, 0.6) is 0 Å². The van der Waals surface area contributed by atoms with Crippen LogP contribution in [0, 0.1) is 6.92 Å². The largest absolute Gasteiger partial charge is 0.295 e. The minimum atomic E-state index is 0.0862. The van der Waals surface area contributed by atoms with Gasteiger partial charge in [0, 0.05) is 0 Å². The van der Waals surface area contributed by atoms with Crippen molar-refractivity contribution in [3.63, 3.8) is 0 Å². The van der Waals surface area contributed by atoms with E-state index in [4.69, 9.17) is 0 Å². The zero-order valence-electron chi connectivity index (χ0n) is 11.2. The highest BCUT2D eigenvalue weighted by molar-refractivity contribution is 5.87. The molecule has 0 aliphatic carbocycles. The summed E-state index contributed by atoms with van der Waals surface area (Å²) in [5.41, 5.74) is 2.76. The molecular weight excluding hydrogens is 208 g/mol. The Morgan fingerprint density at radius 1 is 1.18 bits per heavy atom. The van der Waals surface area contributed by atoms with E-state index < -0.39 is 0 Å². The Hall–Kier alpha value is -1.63. The molecule has 1 aromatic carbocycles. The first kappa shape index (κ1) is 15.4. The standard InChI is InChI=1S/C9H12.C7H10O/c1-3-9-6-4-8(2)5-7-9;1-3-4-5-6-7(2)8/h4-7H,3H2,1-2H3;3-6H,1-2H3/b;4-3-,6-5-. The smallest absolute Gasteiger partial charge is 0.152 e. The monoisotopic (exact) mass is 230 g/mol. The number of aryl methyl sites for hydroxylation is 2. The molecule has 0 bridgehead atoms. The van der Waals surface area contributed by atoms with Gasteiger partial charge in [-0.25, -0.2) is 0 Å². The highest BCUT2D eigenvalue weighted by atomic mass is 16.1. The van der Waals surface area contributed by atoms with Crippen LogP contribution in [0.3, 0.4) is 0 Å². The minimum Gasteiger partial charge on any atom is -0.295 e. The Balaban J connectivity index is 0.000000304. The number of rotatable bonds is 3. The molecule has 0 heterocycles. The Morgan fingerprint density at radius 3 is 2.18 bits per heavy atom. The summed E-state index contributed by atoms with van der Waals surface area (Å²) >= 11 is 0. The summed E-state index contributed by atoms with van der Waals surface area (Å²) in [7, 11) is 0. The molecule has 0 radical (unpaired) electrons. The van der Waals surface area contributed by atoms with E-state index in [9.17, 15) is 4.79 Å². The maximum Gasteiger partial charge on any atom is 0.152 e. The van der Waals surface area contributed by atoms with E-state index >= 15 is 0 Å². The van der Waals surface area contributed by atoms with Crippen LogP contribution in [-0.2, 0) is 11.2 Å². The average molecular weight is 230 g/mol. The van der Waals surface area contributed by atoms with Crippen molar-refractivity contribution in [2.24, 2.45) is 0 Å². The molecule has 0 saturated heterocycles. The highest BCUT2D eigenvalue weighted by Gasteiger charge is 1.84. The molecular formula is C16H22O. The molecule has 17 heavy (non-hydrogen) atoms. The predicted molar refractivity (Wildman–Crippen MR) is 75.2 cm³/mol. The van der Waals surface area contributed by atoms with Crippen molar-refractivity contribution >= 4 is 5.78 Å². The first-order valence-electron chi connectivity index (χ1n) is 5.95. The topological polar surface area (TPSA) is 17.1 Å². The van der Waals surface area contributed by atoms with Gasteiger partial charge in [-0.1, -0.05) is 55.0 Å². The molecule has 0 fully saturated rings. The van der Waals surface area contributed by atoms with Crippen LogP contribution >= 0.6 is 0 Å². The molecule has 0 N–H and O–H groups in total. The van der Waals surface area contributed by atoms with Crippen LogP contribution in [0.25, 0.3) is 0 Å². The molecule has 0 aromatic heterocycles. The van der Waals surface area contributed by atoms with Gasteiger partial charge in [0.2, 0.25) is 0 Å². The molecule has 1 heteroatoms. The second-order valence-electron chi connectivity index (χ2n) is 3.83. The molecule has 1 rings (SSSR count). The summed E-state index contributed by atoms with van der Waals surface area (Å²) < 4.78 is 0. The van der Waals surface area contributed by atoms with Crippen molar-refractivity contribution in [2.75, 3.05) is 0 Å². The number of carbonyl (C=O) groups excluding carboxylic acids is 1. The lowest BCUT2D eigenvalue weighted by atomic mass is 10.1. The van der Waals surface area contributed by atoms with E-state index in [0.717, 1.165) is 6.42 Å². The van der Waals surface area contributed by atoms with Crippen molar-refractivity contribution in [2.45, 2.75) is 34.1 Å². The molecule has 1 nitrogen and oxygen atoms in total. The lowest BCUT2D eigenvalue weighted by molar-refractivity contribution is -0.112. The fraction of sp³-hybridized carbons (Fsp3) is 0.312. The number of benzene rings is 1. The Bertz CT molecular complexity index is 369. The van der Waals surface area contributed by atoms with Crippen molar-refractivity contribution < 1.29 is 4.79 Å². The van der Waals surface area contributed by atoms with E-state index in [-0.39, 0.29) is 5.78 Å². The molecule has 0 atom stereocenters. The van der Waals surface area contributed by atoms with Crippen molar-refractivity contribution in [1.29, 1.82) is 0 Å². The average Bonchev–Trinajstić information content (AvgIpc) is 2.31. The van der Waals surface area contributed by atoms with Crippen LogP contribution in [-0.4, -0.2) is 5.78 Å². The lowest BCUT2D eigenvalue weighted by Crippen LogP contribution is -1.77.